The highest BCUT2D eigenvalue weighted by Crippen LogP contribution is 2.15. The summed E-state index contributed by atoms with van der Waals surface area (Å²) in [4.78, 5) is 23.8. The van der Waals surface area contributed by atoms with Crippen molar-refractivity contribution < 1.29 is 23.5 Å². The average Bonchev–Trinajstić information content (AvgIpc) is 2.32. The standard InChI is InChI=1S/C13H16F2N2O3/c1-8(2)17(7-13(19)20)6-12(18)16-11-5-9(14)3-4-10(11)15/h3-5,8H,6-7H2,1-2H3,(H,16,18)(H,19,20). The van der Waals surface area contributed by atoms with E-state index in [1.54, 1.807) is 13.8 Å². The minimum absolute atomic E-state index is 0.172. The molecule has 1 rings (SSSR count). The van der Waals surface area contributed by atoms with E-state index in [-0.39, 0.29) is 24.8 Å². The molecule has 1 aromatic carbocycles. The predicted octanol–water partition coefficient (Wildman–Crippen LogP) is 1.70. The van der Waals surface area contributed by atoms with Crippen molar-refractivity contribution >= 4 is 17.6 Å². The molecule has 0 aliphatic carbocycles. The van der Waals surface area contributed by atoms with E-state index in [1.165, 1.54) is 4.90 Å². The molecule has 20 heavy (non-hydrogen) atoms. The zero-order valence-corrected chi connectivity index (χ0v) is 11.2. The van der Waals surface area contributed by atoms with Crippen LogP contribution in [-0.2, 0) is 9.59 Å². The van der Waals surface area contributed by atoms with Crippen LogP contribution in [0.3, 0.4) is 0 Å². The predicted molar refractivity (Wildman–Crippen MR) is 69.3 cm³/mol. The number of anilines is 1. The minimum Gasteiger partial charge on any atom is -0.480 e. The first-order chi connectivity index (χ1) is 9.29. The fourth-order valence-corrected chi connectivity index (χ4v) is 1.56. The zero-order chi connectivity index (χ0) is 15.3. The number of nitrogens with zero attached hydrogens (tertiary/aromatic N) is 1. The number of carbonyl (C=O) groups is 2. The second-order valence-electron chi connectivity index (χ2n) is 4.56. The van der Waals surface area contributed by atoms with Crippen molar-refractivity contribution in [2.24, 2.45) is 0 Å². The molecule has 0 spiro atoms. The average molecular weight is 286 g/mol. The smallest absolute Gasteiger partial charge is 0.317 e. The van der Waals surface area contributed by atoms with Crippen LogP contribution >= 0.6 is 0 Å². The lowest BCUT2D eigenvalue weighted by atomic mass is 10.2. The summed E-state index contributed by atoms with van der Waals surface area (Å²) in [6.07, 6.45) is 0. The number of aliphatic carboxylic acids is 1. The number of carbonyl (C=O) groups excluding carboxylic acids is 1. The maximum atomic E-state index is 13.3. The molecule has 2 N–H and O–H groups in total. The Morgan fingerprint density at radius 3 is 2.50 bits per heavy atom. The maximum absolute atomic E-state index is 13.3. The van der Waals surface area contributed by atoms with Gasteiger partial charge >= 0.3 is 5.97 Å². The second kappa shape index (κ2) is 6.95. The third kappa shape index (κ3) is 4.93. The summed E-state index contributed by atoms with van der Waals surface area (Å²) in [5.74, 6) is -3.10. The normalized spacial score (nSPS) is 10.9. The molecule has 1 aromatic rings. The molecular weight excluding hydrogens is 270 g/mol. The number of hydrogen-bond acceptors (Lipinski definition) is 3. The fraction of sp³-hybridized carbons (Fsp3) is 0.385. The van der Waals surface area contributed by atoms with E-state index < -0.39 is 23.5 Å². The molecule has 0 aromatic heterocycles. The molecule has 0 radical (unpaired) electrons. The van der Waals surface area contributed by atoms with Crippen LogP contribution in [0.1, 0.15) is 13.8 Å². The monoisotopic (exact) mass is 286 g/mol. The van der Waals surface area contributed by atoms with E-state index in [4.69, 9.17) is 5.11 Å². The Kier molecular flexibility index (Phi) is 5.57. The molecule has 110 valence electrons. The molecule has 0 aliphatic heterocycles. The molecule has 7 heteroatoms. The van der Waals surface area contributed by atoms with Gasteiger partial charge < -0.3 is 10.4 Å². The van der Waals surface area contributed by atoms with E-state index >= 15 is 0 Å². The van der Waals surface area contributed by atoms with Crippen molar-refractivity contribution in [3.05, 3.63) is 29.8 Å². The fourth-order valence-electron chi connectivity index (χ4n) is 1.56. The highest BCUT2D eigenvalue weighted by Gasteiger charge is 2.18. The first kappa shape index (κ1) is 16.0. The molecule has 0 saturated carbocycles. The number of nitrogens with one attached hydrogen (secondary N) is 1. The molecule has 0 aliphatic rings. The van der Waals surface area contributed by atoms with Crippen LogP contribution in [0.4, 0.5) is 14.5 Å². The van der Waals surface area contributed by atoms with Gasteiger partial charge in [-0.05, 0) is 26.0 Å². The topological polar surface area (TPSA) is 69.6 Å². The van der Waals surface area contributed by atoms with Crippen molar-refractivity contribution in [2.45, 2.75) is 19.9 Å². The number of halogens is 2. The van der Waals surface area contributed by atoms with Crippen LogP contribution in [0.5, 0.6) is 0 Å². The maximum Gasteiger partial charge on any atom is 0.317 e. The van der Waals surface area contributed by atoms with Crippen LogP contribution in [-0.4, -0.2) is 41.0 Å². The number of amides is 1. The van der Waals surface area contributed by atoms with E-state index in [1.807, 2.05) is 0 Å². The van der Waals surface area contributed by atoms with Gasteiger partial charge in [0.1, 0.15) is 11.6 Å². The van der Waals surface area contributed by atoms with Gasteiger partial charge in [-0.15, -0.1) is 0 Å². The van der Waals surface area contributed by atoms with E-state index in [2.05, 4.69) is 5.32 Å². The van der Waals surface area contributed by atoms with Gasteiger partial charge in [0, 0.05) is 12.1 Å². The summed E-state index contributed by atoms with van der Waals surface area (Å²) in [7, 11) is 0. The summed E-state index contributed by atoms with van der Waals surface area (Å²) in [5, 5.41) is 11.0. The third-order valence-electron chi connectivity index (χ3n) is 2.62. The Hall–Kier alpha value is -2.02. The minimum atomic E-state index is -1.07. The van der Waals surface area contributed by atoms with Crippen molar-refractivity contribution in [2.75, 3.05) is 18.4 Å². The van der Waals surface area contributed by atoms with Gasteiger partial charge in [-0.1, -0.05) is 0 Å². The van der Waals surface area contributed by atoms with Crippen LogP contribution in [0, 0.1) is 11.6 Å². The first-order valence-corrected chi connectivity index (χ1v) is 6.00. The molecule has 5 nitrogen and oxygen atoms in total. The van der Waals surface area contributed by atoms with Gasteiger partial charge in [0.05, 0.1) is 18.8 Å². The van der Waals surface area contributed by atoms with Gasteiger partial charge in [0.25, 0.3) is 0 Å². The van der Waals surface area contributed by atoms with Crippen LogP contribution in [0.15, 0.2) is 18.2 Å². The SMILES string of the molecule is CC(C)N(CC(=O)O)CC(=O)Nc1cc(F)ccc1F. The summed E-state index contributed by atoms with van der Waals surface area (Å²) < 4.78 is 26.3. The quantitative estimate of drug-likeness (QED) is 0.835. The van der Waals surface area contributed by atoms with Crippen molar-refractivity contribution in [1.82, 2.24) is 4.90 Å². The Balaban J connectivity index is 2.70. The number of hydrogen-bond donors (Lipinski definition) is 2. The molecule has 0 unspecified atom stereocenters. The van der Waals surface area contributed by atoms with Gasteiger partial charge in [0.2, 0.25) is 5.91 Å². The first-order valence-electron chi connectivity index (χ1n) is 6.00. The van der Waals surface area contributed by atoms with Gasteiger partial charge in [0.15, 0.2) is 0 Å². The lowest BCUT2D eigenvalue weighted by molar-refractivity contribution is -0.139. The molecule has 0 saturated heterocycles. The summed E-state index contributed by atoms with van der Waals surface area (Å²) in [6, 6.07) is 2.54. The van der Waals surface area contributed by atoms with Gasteiger partial charge in [-0.3, -0.25) is 14.5 Å². The molecular formula is C13H16F2N2O3. The summed E-state index contributed by atoms with van der Waals surface area (Å²) in [5.41, 5.74) is -0.269. The Morgan fingerprint density at radius 1 is 1.30 bits per heavy atom. The highest BCUT2D eigenvalue weighted by atomic mass is 19.1. The number of rotatable bonds is 6. The van der Waals surface area contributed by atoms with Crippen molar-refractivity contribution in [1.29, 1.82) is 0 Å². The van der Waals surface area contributed by atoms with Gasteiger partial charge in [-0.25, -0.2) is 8.78 Å². The zero-order valence-electron chi connectivity index (χ0n) is 11.2. The number of benzene rings is 1. The molecule has 0 fully saturated rings. The Bertz CT molecular complexity index is 506. The Morgan fingerprint density at radius 2 is 1.95 bits per heavy atom. The lowest BCUT2D eigenvalue weighted by Gasteiger charge is -2.23. The number of carboxylic acid groups (broad SMARTS) is 1. The van der Waals surface area contributed by atoms with Crippen molar-refractivity contribution in [3.8, 4) is 0 Å². The molecule has 0 atom stereocenters. The number of carboxylic acids is 1. The Labute approximate surface area is 115 Å². The van der Waals surface area contributed by atoms with Gasteiger partial charge in [-0.2, -0.15) is 0 Å². The molecule has 1 amide bonds. The summed E-state index contributed by atoms with van der Waals surface area (Å²) >= 11 is 0. The summed E-state index contributed by atoms with van der Waals surface area (Å²) in [6.45, 7) is 2.94. The van der Waals surface area contributed by atoms with Crippen LogP contribution in [0.25, 0.3) is 0 Å². The highest BCUT2D eigenvalue weighted by molar-refractivity contribution is 5.92. The largest absolute Gasteiger partial charge is 0.480 e. The van der Waals surface area contributed by atoms with Crippen LogP contribution < -0.4 is 5.32 Å². The van der Waals surface area contributed by atoms with E-state index in [9.17, 15) is 18.4 Å². The van der Waals surface area contributed by atoms with E-state index in [0.717, 1.165) is 18.2 Å². The van der Waals surface area contributed by atoms with Crippen LogP contribution in [0.2, 0.25) is 0 Å². The van der Waals surface area contributed by atoms with Crippen molar-refractivity contribution in [3.63, 3.8) is 0 Å². The molecule has 0 bridgehead atoms. The third-order valence-corrected chi connectivity index (χ3v) is 2.62. The molecule has 0 heterocycles. The second-order valence-corrected chi connectivity index (χ2v) is 4.56. The lowest BCUT2D eigenvalue weighted by Crippen LogP contribution is -2.41. The van der Waals surface area contributed by atoms with E-state index in [0.29, 0.717) is 0 Å².